The third-order valence-corrected chi connectivity index (χ3v) is 4.28. The van der Waals surface area contributed by atoms with Gasteiger partial charge < -0.3 is 15.1 Å². The van der Waals surface area contributed by atoms with Gasteiger partial charge in [-0.3, -0.25) is 9.59 Å². The number of carboxylic acids is 1. The van der Waals surface area contributed by atoms with E-state index in [1.165, 1.54) is 0 Å². The van der Waals surface area contributed by atoms with Crippen molar-refractivity contribution in [2.24, 2.45) is 5.92 Å². The van der Waals surface area contributed by atoms with Crippen molar-refractivity contribution in [1.82, 2.24) is 4.90 Å². The standard InChI is InChI=1S/C21H29NO4/c1-3-4-7-10-17(2)19(23)14-12-18-13-15-20(24)22(18)16-9-6-5-8-11-21(25)26/h12,14,17-19,23H,3,5,8,10-11,13,15-16H2,1-2H3,(H,25,26)/t17-,18?,19+/m0/s1. The Bertz CT molecular complexity index is 617. The molecular weight excluding hydrogens is 330 g/mol. The van der Waals surface area contributed by atoms with E-state index in [4.69, 9.17) is 5.11 Å². The highest BCUT2D eigenvalue weighted by Crippen LogP contribution is 2.20. The summed E-state index contributed by atoms with van der Waals surface area (Å²) >= 11 is 0. The molecule has 5 heteroatoms. The highest BCUT2D eigenvalue weighted by Gasteiger charge is 2.28. The van der Waals surface area contributed by atoms with Crippen molar-refractivity contribution < 1.29 is 19.8 Å². The molecule has 1 fully saturated rings. The lowest BCUT2D eigenvalue weighted by Crippen LogP contribution is -2.32. The molecule has 3 atom stereocenters. The predicted octanol–water partition coefficient (Wildman–Crippen LogP) is 2.59. The summed E-state index contributed by atoms with van der Waals surface area (Å²) in [6.45, 7) is 4.29. The molecule has 1 unspecified atom stereocenters. The molecule has 1 rings (SSSR count). The van der Waals surface area contributed by atoms with Crippen LogP contribution in [0.4, 0.5) is 0 Å². The van der Waals surface area contributed by atoms with Gasteiger partial charge in [0.2, 0.25) is 5.91 Å². The van der Waals surface area contributed by atoms with Crippen LogP contribution in [0.15, 0.2) is 12.2 Å². The second-order valence-corrected chi connectivity index (χ2v) is 6.49. The van der Waals surface area contributed by atoms with Crippen LogP contribution < -0.4 is 0 Å². The third-order valence-electron chi connectivity index (χ3n) is 4.28. The van der Waals surface area contributed by atoms with Crippen LogP contribution in [-0.4, -0.2) is 45.7 Å². The number of aliphatic hydroxyl groups excluding tert-OH is 1. The molecule has 1 aliphatic heterocycles. The summed E-state index contributed by atoms with van der Waals surface area (Å²) in [5.74, 6) is 11.2. The Balaban J connectivity index is 2.50. The van der Waals surface area contributed by atoms with E-state index < -0.39 is 12.1 Å². The first-order valence-corrected chi connectivity index (χ1v) is 9.24. The molecule has 0 aromatic rings. The van der Waals surface area contributed by atoms with Gasteiger partial charge in [-0.2, -0.15) is 0 Å². The van der Waals surface area contributed by atoms with Gasteiger partial charge in [0, 0.05) is 32.1 Å². The number of amides is 1. The fourth-order valence-corrected chi connectivity index (χ4v) is 2.63. The number of carboxylic acid groups (broad SMARTS) is 1. The number of aliphatic carboxylic acids is 1. The number of unbranched alkanes of at least 4 members (excludes halogenated alkanes) is 1. The average molecular weight is 359 g/mol. The molecule has 1 amide bonds. The number of hydrogen-bond donors (Lipinski definition) is 2. The summed E-state index contributed by atoms with van der Waals surface area (Å²) in [4.78, 5) is 24.2. The number of nitrogens with zero attached hydrogens (tertiary/aromatic N) is 1. The highest BCUT2D eigenvalue weighted by molar-refractivity contribution is 5.79. The molecule has 0 radical (unpaired) electrons. The van der Waals surface area contributed by atoms with Crippen LogP contribution in [0.2, 0.25) is 0 Å². The second kappa shape index (κ2) is 12.2. The number of hydrogen-bond acceptors (Lipinski definition) is 3. The minimum atomic E-state index is -0.819. The zero-order valence-corrected chi connectivity index (χ0v) is 15.7. The van der Waals surface area contributed by atoms with Crippen LogP contribution in [0.5, 0.6) is 0 Å². The Kier molecular flexibility index (Phi) is 10.2. The summed E-state index contributed by atoms with van der Waals surface area (Å²) in [7, 11) is 0. The second-order valence-electron chi connectivity index (χ2n) is 6.49. The first kappa shape index (κ1) is 21.8. The van der Waals surface area contributed by atoms with Crippen molar-refractivity contribution in [2.45, 2.75) is 70.9 Å². The Morgan fingerprint density at radius 1 is 1.35 bits per heavy atom. The van der Waals surface area contributed by atoms with Gasteiger partial charge in [0.1, 0.15) is 0 Å². The van der Waals surface area contributed by atoms with E-state index in [1.54, 1.807) is 11.0 Å². The van der Waals surface area contributed by atoms with Crippen molar-refractivity contribution in [2.75, 3.05) is 6.54 Å². The Morgan fingerprint density at radius 2 is 2.12 bits per heavy atom. The first-order chi connectivity index (χ1) is 12.5. The molecule has 2 N–H and O–H groups in total. The van der Waals surface area contributed by atoms with Crippen molar-refractivity contribution in [3.05, 3.63) is 12.2 Å². The smallest absolute Gasteiger partial charge is 0.303 e. The van der Waals surface area contributed by atoms with Crippen LogP contribution in [0, 0.1) is 29.6 Å². The van der Waals surface area contributed by atoms with E-state index in [0.717, 1.165) is 12.8 Å². The molecule has 5 nitrogen and oxygen atoms in total. The fraction of sp³-hybridized carbons (Fsp3) is 0.619. The van der Waals surface area contributed by atoms with E-state index in [1.807, 2.05) is 19.9 Å². The van der Waals surface area contributed by atoms with Crippen molar-refractivity contribution in [3.8, 4) is 23.7 Å². The van der Waals surface area contributed by atoms with Crippen molar-refractivity contribution >= 4 is 11.9 Å². The van der Waals surface area contributed by atoms with Crippen LogP contribution in [-0.2, 0) is 9.59 Å². The molecule has 0 aliphatic carbocycles. The maximum Gasteiger partial charge on any atom is 0.303 e. The lowest BCUT2D eigenvalue weighted by molar-refractivity contribution is -0.137. The van der Waals surface area contributed by atoms with E-state index >= 15 is 0 Å². The summed E-state index contributed by atoms with van der Waals surface area (Å²) in [6.07, 6.45) is 6.90. The molecule has 0 spiro atoms. The van der Waals surface area contributed by atoms with Crippen LogP contribution >= 0.6 is 0 Å². The fourth-order valence-electron chi connectivity index (χ4n) is 2.63. The lowest BCUT2D eigenvalue weighted by atomic mass is 10.00. The highest BCUT2D eigenvalue weighted by atomic mass is 16.4. The quantitative estimate of drug-likeness (QED) is 0.397. The molecule has 0 aromatic heterocycles. The Labute approximate surface area is 156 Å². The summed E-state index contributed by atoms with van der Waals surface area (Å²) in [5.41, 5.74) is 0. The molecule has 0 aromatic carbocycles. The van der Waals surface area contributed by atoms with E-state index in [9.17, 15) is 14.7 Å². The van der Waals surface area contributed by atoms with Gasteiger partial charge in [-0.1, -0.05) is 31.9 Å². The van der Waals surface area contributed by atoms with Crippen molar-refractivity contribution in [3.63, 3.8) is 0 Å². The van der Waals surface area contributed by atoms with Gasteiger partial charge in [0.15, 0.2) is 0 Å². The number of aliphatic hydroxyl groups is 1. The third kappa shape index (κ3) is 8.23. The average Bonchev–Trinajstić information content (AvgIpc) is 2.95. The van der Waals surface area contributed by atoms with Gasteiger partial charge in [-0.15, -0.1) is 17.8 Å². The lowest BCUT2D eigenvalue weighted by Gasteiger charge is -2.20. The van der Waals surface area contributed by atoms with Gasteiger partial charge in [0.25, 0.3) is 0 Å². The number of likely N-dealkylation sites (tertiary alicyclic amines) is 1. The van der Waals surface area contributed by atoms with Crippen molar-refractivity contribution in [1.29, 1.82) is 0 Å². The molecule has 1 saturated heterocycles. The number of carbonyl (C=O) groups excluding carboxylic acids is 1. The normalized spacial score (nSPS) is 18.8. The maximum absolute atomic E-state index is 12.0. The van der Waals surface area contributed by atoms with Gasteiger partial charge in [0.05, 0.1) is 18.7 Å². The minimum absolute atomic E-state index is 0.0422. The molecule has 0 bridgehead atoms. The molecule has 1 heterocycles. The van der Waals surface area contributed by atoms with E-state index in [2.05, 4.69) is 23.7 Å². The largest absolute Gasteiger partial charge is 0.481 e. The molecule has 0 saturated carbocycles. The first-order valence-electron chi connectivity index (χ1n) is 9.24. The zero-order valence-electron chi connectivity index (χ0n) is 15.7. The summed E-state index contributed by atoms with van der Waals surface area (Å²) in [5, 5.41) is 18.8. The van der Waals surface area contributed by atoms with Gasteiger partial charge in [-0.05, 0) is 18.8 Å². The molecule has 142 valence electrons. The summed E-state index contributed by atoms with van der Waals surface area (Å²) < 4.78 is 0. The predicted molar refractivity (Wildman–Crippen MR) is 101 cm³/mol. The maximum atomic E-state index is 12.0. The minimum Gasteiger partial charge on any atom is -0.481 e. The van der Waals surface area contributed by atoms with Crippen LogP contribution in [0.3, 0.4) is 0 Å². The van der Waals surface area contributed by atoms with E-state index in [-0.39, 0.29) is 24.3 Å². The number of rotatable bonds is 8. The summed E-state index contributed by atoms with van der Waals surface area (Å²) in [6, 6.07) is -0.0422. The molecule has 26 heavy (non-hydrogen) atoms. The Morgan fingerprint density at radius 3 is 2.81 bits per heavy atom. The Hall–Kier alpha value is -2.24. The van der Waals surface area contributed by atoms with Gasteiger partial charge in [-0.25, -0.2) is 0 Å². The zero-order chi connectivity index (χ0) is 19.4. The van der Waals surface area contributed by atoms with Crippen LogP contribution in [0.1, 0.15) is 58.8 Å². The monoisotopic (exact) mass is 359 g/mol. The SMILES string of the molecule is CCC#CC[C@H](C)[C@H](O)C=CC1CCC(=O)N1CC#CCCCC(=O)O. The van der Waals surface area contributed by atoms with E-state index in [0.29, 0.717) is 32.2 Å². The van der Waals surface area contributed by atoms with Gasteiger partial charge >= 0.3 is 5.97 Å². The number of carbonyl (C=O) groups is 2. The van der Waals surface area contributed by atoms with Crippen LogP contribution in [0.25, 0.3) is 0 Å². The molecular formula is C21H29NO4. The molecule has 1 aliphatic rings. The topological polar surface area (TPSA) is 77.8 Å².